The van der Waals surface area contributed by atoms with Gasteiger partial charge in [0.1, 0.15) is 17.9 Å². The van der Waals surface area contributed by atoms with Crippen molar-refractivity contribution >= 4 is 5.91 Å². The molecule has 6 nitrogen and oxygen atoms in total. The van der Waals surface area contributed by atoms with Gasteiger partial charge in [0.25, 0.3) is 5.91 Å². The lowest BCUT2D eigenvalue weighted by molar-refractivity contribution is 0.0697. The fraction of sp³-hybridized carbons (Fsp3) is 0.300. The minimum Gasteiger partial charge on any atom is -0.445 e. The largest absolute Gasteiger partial charge is 0.445 e. The van der Waals surface area contributed by atoms with Crippen LogP contribution in [0.5, 0.6) is 0 Å². The van der Waals surface area contributed by atoms with E-state index in [4.69, 9.17) is 4.42 Å². The number of carbonyl (C=O) groups excluding carboxylic acids is 1. The molecule has 2 aromatic heterocycles. The second-order valence-electron chi connectivity index (χ2n) is 6.65. The van der Waals surface area contributed by atoms with Gasteiger partial charge in [-0.2, -0.15) is 0 Å². The van der Waals surface area contributed by atoms with E-state index < -0.39 is 0 Å². The molecule has 3 heterocycles. The van der Waals surface area contributed by atoms with Crippen molar-refractivity contribution in [3.05, 3.63) is 77.8 Å². The van der Waals surface area contributed by atoms with Crippen molar-refractivity contribution in [3.63, 3.8) is 0 Å². The first-order valence-electron chi connectivity index (χ1n) is 8.93. The molecule has 1 fully saturated rings. The molecule has 0 radical (unpaired) electrons. The quantitative estimate of drug-likeness (QED) is 0.709. The molecule has 0 aliphatic carbocycles. The maximum Gasteiger partial charge on any atom is 0.257 e. The average molecular weight is 366 g/mol. The summed E-state index contributed by atoms with van der Waals surface area (Å²) in [7, 11) is 0. The van der Waals surface area contributed by atoms with Gasteiger partial charge in [-0.15, -0.1) is 0 Å². The summed E-state index contributed by atoms with van der Waals surface area (Å²) in [4.78, 5) is 26.6. The summed E-state index contributed by atoms with van der Waals surface area (Å²) in [5.74, 6) is 0.910. The molecule has 0 unspecified atom stereocenters. The number of halogens is 1. The van der Waals surface area contributed by atoms with Crippen molar-refractivity contribution in [2.45, 2.75) is 25.2 Å². The molecular formula is C20H19FN4O2. The summed E-state index contributed by atoms with van der Waals surface area (Å²) < 4.78 is 19.7. The number of nitrogens with zero attached hydrogens (tertiary/aromatic N) is 4. The molecule has 1 aliphatic heterocycles. The summed E-state index contributed by atoms with van der Waals surface area (Å²) >= 11 is 0. The minimum atomic E-state index is -0.255. The molecule has 0 saturated carbocycles. The Morgan fingerprint density at radius 2 is 2.04 bits per heavy atom. The lowest BCUT2D eigenvalue weighted by atomic mass is 9.97. The maximum atomic E-state index is 13.8. The van der Waals surface area contributed by atoms with Gasteiger partial charge in [-0.1, -0.05) is 18.2 Å². The van der Waals surface area contributed by atoms with E-state index in [-0.39, 0.29) is 17.6 Å². The van der Waals surface area contributed by atoms with Gasteiger partial charge in [-0.05, 0) is 24.5 Å². The maximum absolute atomic E-state index is 13.8. The zero-order chi connectivity index (χ0) is 18.6. The normalized spacial score (nSPS) is 17.1. The predicted octanol–water partition coefficient (Wildman–Crippen LogP) is 3.21. The van der Waals surface area contributed by atoms with Crippen LogP contribution in [0.4, 0.5) is 4.39 Å². The number of aromatic nitrogens is 3. The molecule has 7 heteroatoms. The van der Waals surface area contributed by atoms with E-state index >= 15 is 0 Å². The second-order valence-corrected chi connectivity index (χ2v) is 6.65. The van der Waals surface area contributed by atoms with E-state index in [1.807, 2.05) is 0 Å². The smallest absolute Gasteiger partial charge is 0.257 e. The summed E-state index contributed by atoms with van der Waals surface area (Å²) in [5.41, 5.74) is 1.05. The van der Waals surface area contributed by atoms with Crippen LogP contribution >= 0.6 is 0 Å². The highest BCUT2D eigenvalue weighted by Crippen LogP contribution is 2.28. The van der Waals surface area contributed by atoms with Crippen molar-refractivity contribution in [1.82, 2.24) is 19.9 Å². The molecule has 27 heavy (non-hydrogen) atoms. The fourth-order valence-corrected chi connectivity index (χ4v) is 3.38. The highest BCUT2D eigenvalue weighted by molar-refractivity contribution is 5.93. The molecule has 1 saturated heterocycles. The van der Waals surface area contributed by atoms with Crippen LogP contribution in [0.25, 0.3) is 0 Å². The molecule has 1 aromatic carbocycles. The summed E-state index contributed by atoms with van der Waals surface area (Å²) in [5, 5.41) is 0. The third-order valence-corrected chi connectivity index (χ3v) is 4.76. The van der Waals surface area contributed by atoms with E-state index in [2.05, 4.69) is 15.0 Å². The Morgan fingerprint density at radius 1 is 1.22 bits per heavy atom. The number of benzene rings is 1. The van der Waals surface area contributed by atoms with Crippen molar-refractivity contribution in [2.24, 2.45) is 0 Å². The first-order chi connectivity index (χ1) is 13.2. The molecule has 138 valence electrons. The van der Waals surface area contributed by atoms with Crippen molar-refractivity contribution in [1.29, 1.82) is 0 Å². The van der Waals surface area contributed by atoms with Crippen LogP contribution in [0.1, 0.15) is 46.3 Å². The summed E-state index contributed by atoms with van der Waals surface area (Å²) in [6.45, 7) is 1.22. The first-order valence-corrected chi connectivity index (χ1v) is 8.93. The lowest BCUT2D eigenvalue weighted by Gasteiger charge is -2.31. The Kier molecular flexibility index (Phi) is 4.91. The fourth-order valence-electron chi connectivity index (χ4n) is 3.38. The third-order valence-electron chi connectivity index (χ3n) is 4.76. The topological polar surface area (TPSA) is 72.1 Å². The number of piperidine rings is 1. The molecule has 1 aliphatic rings. The monoisotopic (exact) mass is 366 g/mol. The van der Waals surface area contributed by atoms with E-state index in [9.17, 15) is 9.18 Å². The predicted molar refractivity (Wildman–Crippen MR) is 95.6 cm³/mol. The standard InChI is InChI=1S/C20H19FN4O2/c21-18-6-2-1-4-14(18)8-17-11-24-19(27-17)15-5-3-7-25(12-15)20(26)16-9-22-13-23-10-16/h1-2,4,6,9-11,13,15H,3,5,7-8,12H2/t15-/m1/s1. The third kappa shape index (κ3) is 3.86. The van der Waals surface area contributed by atoms with Gasteiger partial charge in [0.05, 0.1) is 17.7 Å². The molecule has 0 N–H and O–H groups in total. The summed E-state index contributed by atoms with van der Waals surface area (Å²) in [6.07, 6.45) is 8.22. The van der Waals surface area contributed by atoms with Crippen LogP contribution in [-0.4, -0.2) is 38.8 Å². The zero-order valence-electron chi connectivity index (χ0n) is 14.7. The Balaban J connectivity index is 1.45. The number of rotatable bonds is 4. The number of carbonyl (C=O) groups is 1. The van der Waals surface area contributed by atoms with Gasteiger partial charge in [0.2, 0.25) is 0 Å². The number of oxazole rings is 1. The molecule has 3 aromatic rings. The van der Waals surface area contributed by atoms with Crippen LogP contribution in [0.15, 0.2) is 53.6 Å². The molecule has 0 bridgehead atoms. The molecular weight excluding hydrogens is 347 g/mol. The van der Waals surface area contributed by atoms with E-state index in [0.29, 0.717) is 42.3 Å². The molecule has 0 spiro atoms. The van der Waals surface area contributed by atoms with Crippen molar-refractivity contribution in [2.75, 3.05) is 13.1 Å². The Hall–Kier alpha value is -3.09. The number of hydrogen-bond acceptors (Lipinski definition) is 5. The van der Waals surface area contributed by atoms with Crippen LogP contribution in [0, 0.1) is 5.82 Å². The van der Waals surface area contributed by atoms with Gasteiger partial charge < -0.3 is 9.32 Å². The Bertz CT molecular complexity index is 928. The van der Waals surface area contributed by atoms with E-state index in [1.54, 1.807) is 29.3 Å². The van der Waals surface area contributed by atoms with Gasteiger partial charge >= 0.3 is 0 Å². The second kappa shape index (κ2) is 7.65. The van der Waals surface area contributed by atoms with Gasteiger partial charge in [-0.25, -0.2) is 19.3 Å². The van der Waals surface area contributed by atoms with Crippen LogP contribution in [0.3, 0.4) is 0 Å². The van der Waals surface area contributed by atoms with Crippen LogP contribution in [-0.2, 0) is 6.42 Å². The SMILES string of the molecule is O=C(c1cncnc1)N1CCC[C@@H](c2ncc(Cc3ccccc3F)o2)C1. The van der Waals surface area contributed by atoms with Crippen LogP contribution in [0.2, 0.25) is 0 Å². The zero-order valence-corrected chi connectivity index (χ0v) is 14.7. The van der Waals surface area contributed by atoms with Crippen LogP contribution < -0.4 is 0 Å². The number of hydrogen-bond donors (Lipinski definition) is 0. The Morgan fingerprint density at radius 3 is 2.85 bits per heavy atom. The molecule has 1 amide bonds. The van der Waals surface area contributed by atoms with E-state index in [1.165, 1.54) is 24.8 Å². The van der Waals surface area contributed by atoms with Gasteiger partial charge in [-0.3, -0.25) is 4.79 Å². The van der Waals surface area contributed by atoms with Gasteiger partial charge in [0.15, 0.2) is 5.89 Å². The highest BCUT2D eigenvalue weighted by Gasteiger charge is 2.28. The average Bonchev–Trinajstić information content (AvgIpc) is 3.19. The van der Waals surface area contributed by atoms with Crippen molar-refractivity contribution < 1.29 is 13.6 Å². The van der Waals surface area contributed by atoms with E-state index in [0.717, 1.165) is 12.8 Å². The number of likely N-dealkylation sites (tertiary alicyclic amines) is 1. The molecule has 4 rings (SSSR count). The first kappa shape index (κ1) is 17.3. The lowest BCUT2D eigenvalue weighted by Crippen LogP contribution is -2.39. The van der Waals surface area contributed by atoms with Gasteiger partial charge in [0, 0.05) is 31.9 Å². The minimum absolute atomic E-state index is 0.0294. The summed E-state index contributed by atoms with van der Waals surface area (Å²) in [6, 6.07) is 6.63. The van der Waals surface area contributed by atoms with Crippen molar-refractivity contribution in [3.8, 4) is 0 Å². The highest BCUT2D eigenvalue weighted by atomic mass is 19.1. The number of amides is 1. The Labute approximate surface area is 156 Å². The molecule has 1 atom stereocenters.